The van der Waals surface area contributed by atoms with Crippen molar-refractivity contribution in [2.24, 2.45) is 0 Å². The lowest BCUT2D eigenvalue weighted by molar-refractivity contribution is -0.141. The number of carbonyl (C=O) groups excluding carboxylic acids is 2. The van der Waals surface area contributed by atoms with Gasteiger partial charge in [0.25, 0.3) is 5.91 Å². The number of ether oxygens (including phenoxy) is 1. The highest BCUT2D eigenvalue weighted by atomic mass is 16.5. The third-order valence-corrected chi connectivity index (χ3v) is 2.83. The molecule has 0 saturated carbocycles. The van der Waals surface area contributed by atoms with Gasteiger partial charge in [0.15, 0.2) is 0 Å². The van der Waals surface area contributed by atoms with E-state index in [1.165, 1.54) is 12.0 Å². The van der Waals surface area contributed by atoms with Crippen molar-refractivity contribution in [2.45, 2.75) is 6.92 Å². The molecule has 0 N–H and O–H groups in total. The van der Waals surface area contributed by atoms with E-state index in [0.29, 0.717) is 12.1 Å². The second-order valence-corrected chi connectivity index (χ2v) is 4.34. The van der Waals surface area contributed by atoms with E-state index in [-0.39, 0.29) is 12.5 Å². The van der Waals surface area contributed by atoms with Gasteiger partial charge in [-0.05, 0) is 25.1 Å². The van der Waals surface area contributed by atoms with Crippen LogP contribution in [0, 0.1) is 0 Å². The Balaban J connectivity index is 2.91. The maximum absolute atomic E-state index is 12.3. The van der Waals surface area contributed by atoms with Crippen molar-refractivity contribution in [3.8, 4) is 0 Å². The van der Waals surface area contributed by atoms with Crippen LogP contribution in [0.15, 0.2) is 24.3 Å². The fraction of sp³-hybridized carbons (Fsp3) is 0.429. The monoisotopic (exact) mass is 264 g/mol. The SMILES string of the molecule is CCN(CC(=O)OC)C(=O)c1cccc(N(C)C)c1. The number of methoxy groups -OCH3 is 1. The number of benzene rings is 1. The minimum atomic E-state index is -0.418. The lowest BCUT2D eigenvalue weighted by Crippen LogP contribution is -2.36. The lowest BCUT2D eigenvalue weighted by Gasteiger charge is -2.20. The highest BCUT2D eigenvalue weighted by Crippen LogP contribution is 2.15. The van der Waals surface area contributed by atoms with Crippen molar-refractivity contribution < 1.29 is 14.3 Å². The van der Waals surface area contributed by atoms with Crippen LogP contribution in [0.5, 0.6) is 0 Å². The van der Waals surface area contributed by atoms with Gasteiger partial charge in [-0.1, -0.05) is 6.07 Å². The van der Waals surface area contributed by atoms with Crippen LogP contribution in [-0.2, 0) is 9.53 Å². The molecular weight excluding hydrogens is 244 g/mol. The molecule has 5 nitrogen and oxygen atoms in total. The zero-order valence-electron chi connectivity index (χ0n) is 11.8. The van der Waals surface area contributed by atoms with Crippen LogP contribution in [0.1, 0.15) is 17.3 Å². The van der Waals surface area contributed by atoms with Gasteiger partial charge in [-0.25, -0.2) is 0 Å². The zero-order valence-corrected chi connectivity index (χ0v) is 11.8. The smallest absolute Gasteiger partial charge is 0.325 e. The van der Waals surface area contributed by atoms with E-state index >= 15 is 0 Å². The average molecular weight is 264 g/mol. The van der Waals surface area contributed by atoms with E-state index in [1.54, 1.807) is 6.07 Å². The molecule has 0 heterocycles. The Morgan fingerprint density at radius 1 is 1.26 bits per heavy atom. The van der Waals surface area contributed by atoms with Crippen LogP contribution >= 0.6 is 0 Å². The van der Waals surface area contributed by atoms with Gasteiger partial charge >= 0.3 is 5.97 Å². The second-order valence-electron chi connectivity index (χ2n) is 4.34. The first-order valence-electron chi connectivity index (χ1n) is 6.13. The Morgan fingerprint density at radius 2 is 1.95 bits per heavy atom. The van der Waals surface area contributed by atoms with E-state index in [0.717, 1.165) is 5.69 Å². The minimum Gasteiger partial charge on any atom is -0.468 e. The van der Waals surface area contributed by atoms with Crippen molar-refractivity contribution in [2.75, 3.05) is 39.2 Å². The molecule has 0 aliphatic carbocycles. The number of hydrogen-bond acceptors (Lipinski definition) is 4. The van der Waals surface area contributed by atoms with Gasteiger partial charge in [0.1, 0.15) is 6.54 Å². The molecule has 5 heteroatoms. The van der Waals surface area contributed by atoms with E-state index < -0.39 is 5.97 Å². The van der Waals surface area contributed by atoms with E-state index in [1.807, 2.05) is 44.1 Å². The van der Waals surface area contributed by atoms with Crippen molar-refractivity contribution >= 4 is 17.6 Å². The summed E-state index contributed by atoms with van der Waals surface area (Å²) < 4.78 is 4.59. The van der Waals surface area contributed by atoms with Crippen LogP contribution in [0.4, 0.5) is 5.69 Å². The molecule has 1 aromatic rings. The predicted octanol–water partition coefficient (Wildman–Crippen LogP) is 1.39. The number of hydrogen-bond donors (Lipinski definition) is 0. The first-order valence-corrected chi connectivity index (χ1v) is 6.13. The third kappa shape index (κ3) is 3.98. The fourth-order valence-corrected chi connectivity index (χ4v) is 1.65. The topological polar surface area (TPSA) is 49.9 Å². The number of likely N-dealkylation sites (N-methyl/N-ethyl adjacent to an activating group) is 1. The minimum absolute atomic E-state index is 0.0297. The van der Waals surface area contributed by atoms with E-state index in [9.17, 15) is 9.59 Å². The molecule has 0 fully saturated rings. The Bertz CT molecular complexity index is 458. The van der Waals surface area contributed by atoms with Crippen LogP contribution in [-0.4, -0.2) is 51.1 Å². The largest absolute Gasteiger partial charge is 0.468 e. The summed E-state index contributed by atoms with van der Waals surface area (Å²) in [6.45, 7) is 2.26. The number of amides is 1. The number of rotatable bonds is 5. The number of carbonyl (C=O) groups is 2. The van der Waals surface area contributed by atoms with Gasteiger partial charge in [-0.3, -0.25) is 9.59 Å². The summed E-state index contributed by atoms with van der Waals surface area (Å²) in [5.74, 6) is -0.587. The molecule has 0 bridgehead atoms. The fourth-order valence-electron chi connectivity index (χ4n) is 1.65. The predicted molar refractivity (Wildman–Crippen MR) is 74.4 cm³/mol. The first kappa shape index (κ1) is 15.0. The second kappa shape index (κ2) is 6.78. The molecule has 0 spiro atoms. The van der Waals surface area contributed by atoms with Crippen molar-refractivity contribution in [3.63, 3.8) is 0 Å². The number of esters is 1. The summed E-state index contributed by atoms with van der Waals surface area (Å²) in [5.41, 5.74) is 1.51. The van der Waals surface area contributed by atoms with Crippen LogP contribution in [0.2, 0.25) is 0 Å². The van der Waals surface area contributed by atoms with Gasteiger partial charge in [-0.2, -0.15) is 0 Å². The van der Waals surface area contributed by atoms with Crippen molar-refractivity contribution in [1.82, 2.24) is 4.90 Å². The molecular formula is C14H20N2O3. The summed E-state index contributed by atoms with van der Waals surface area (Å²) in [6, 6.07) is 7.31. The average Bonchev–Trinajstić information content (AvgIpc) is 2.43. The summed E-state index contributed by atoms with van der Waals surface area (Å²) >= 11 is 0. The van der Waals surface area contributed by atoms with Gasteiger partial charge in [0.2, 0.25) is 0 Å². The van der Waals surface area contributed by atoms with Crippen LogP contribution in [0.25, 0.3) is 0 Å². The maximum Gasteiger partial charge on any atom is 0.325 e. The van der Waals surface area contributed by atoms with E-state index in [4.69, 9.17) is 0 Å². The Morgan fingerprint density at radius 3 is 2.47 bits per heavy atom. The quantitative estimate of drug-likeness (QED) is 0.754. The van der Waals surface area contributed by atoms with Gasteiger partial charge < -0.3 is 14.5 Å². The molecule has 0 radical (unpaired) electrons. The molecule has 0 aliphatic heterocycles. The highest BCUT2D eigenvalue weighted by Gasteiger charge is 2.17. The van der Waals surface area contributed by atoms with Gasteiger partial charge in [-0.15, -0.1) is 0 Å². The zero-order chi connectivity index (χ0) is 14.4. The molecule has 0 aromatic heterocycles. The van der Waals surface area contributed by atoms with E-state index in [2.05, 4.69) is 4.74 Å². The first-order chi connectivity index (χ1) is 8.99. The standard InChI is InChI=1S/C14H20N2O3/c1-5-16(10-13(17)19-4)14(18)11-7-6-8-12(9-11)15(2)3/h6-9H,5,10H2,1-4H3. The molecule has 1 amide bonds. The Labute approximate surface area is 113 Å². The summed E-state index contributed by atoms with van der Waals surface area (Å²) in [4.78, 5) is 27.0. The molecule has 0 aliphatic rings. The molecule has 104 valence electrons. The maximum atomic E-state index is 12.3. The molecule has 0 unspecified atom stereocenters. The summed E-state index contributed by atoms with van der Waals surface area (Å²) in [7, 11) is 5.14. The Kier molecular flexibility index (Phi) is 5.36. The summed E-state index contributed by atoms with van der Waals surface area (Å²) in [6.07, 6.45) is 0. The molecule has 0 atom stereocenters. The molecule has 1 rings (SSSR count). The van der Waals surface area contributed by atoms with Crippen LogP contribution < -0.4 is 4.90 Å². The summed E-state index contributed by atoms with van der Waals surface area (Å²) in [5, 5.41) is 0. The van der Waals surface area contributed by atoms with Crippen LogP contribution in [0.3, 0.4) is 0 Å². The molecule has 19 heavy (non-hydrogen) atoms. The molecule has 0 saturated heterocycles. The van der Waals surface area contributed by atoms with Gasteiger partial charge in [0, 0.05) is 31.9 Å². The normalized spacial score (nSPS) is 9.89. The van der Waals surface area contributed by atoms with Crippen molar-refractivity contribution in [1.29, 1.82) is 0 Å². The number of nitrogens with zero attached hydrogens (tertiary/aromatic N) is 2. The van der Waals surface area contributed by atoms with Gasteiger partial charge in [0.05, 0.1) is 7.11 Å². The third-order valence-electron chi connectivity index (χ3n) is 2.83. The Hall–Kier alpha value is -2.04. The number of anilines is 1. The lowest BCUT2D eigenvalue weighted by atomic mass is 10.1. The highest BCUT2D eigenvalue weighted by molar-refractivity contribution is 5.96. The molecule has 1 aromatic carbocycles. The van der Waals surface area contributed by atoms with Crippen molar-refractivity contribution in [3.05, 3.63) is 29.8 Å².